The van der Waals surface area contributed by atoms with E-state index in [0.717, 1.165) is 0 Å². The summed E-state index contributed by atoms with van der Waals surface area (Å²) in [6.45, 7) is -0.904. The normalized spacial score (nSPS) is 47.0. The van der Waals surface area contributed by atoms with Gasteiger partial charge in [-0.15, -0.1) is 0 Å². The summed E-state index contributed by atoms with van der Waals surface area (Å²) in [7, 11) is 0. The van der Waals surface area contributed by atoms with Gasteiger partial charge in [0.25, 0.3) is 0 Å². The predicted molar refractivity (Wildman–Crippen MR) is 132 cm³/mol. The first-order chi connectivity index (χ1) is 18.9. The molecule has 0 spiro atoms. The van der Waals surface area contributed by atoms with Crippen LogP contribution in [-0.4, -0.2) is 154 Å². The van der Waals surface area contributed by atoms with Crippen molar-refractivity contribution in [2.24, 2.45) is 28.7 Å². The number of alkyl halides is 1. The molecule has 2 saturated heterocycles. The van der Waals surface area contributed by atoms with Crippen molar-refractivity contribution in [1.82, 2.24) is 5.32 Å². The summed E-state index contributed by atoms with van der Waals surface area (Å²) in [4.78, 5) is 12.6. The summed E-state index contributed by atoms with van der Waals surface area (Å²) in [5.41, 5.74) is 29.0. The number of aliphatic hydroxyl groups excluding tert-OH is 6. The van der Waals surface area contributed by atoms with Crippen LogP contribution < -0.4 is 34.0 Å². The van der Waals surface area contributed by atoms with Crippen molar-refractivity contribution in [2.45, 2.75) is 111 Å². The number of nitrogens with two attached hydrogens (primary N) is 5. The zero-order valence-electron chi connectivity index (χ0n) is 21.8. The van der Waals surface area contributed by atoms with E-state index in [9.17, 15) is 35.4 Å². The average molecular weight is 587 g/mol. The van der Waals surface area contributed by atoms with Crippen molar-refractivity contribution >= 4 is 5.91 Å². The third-order valence-electron chi connectivity index (χ3n) is 7.54. The van der Waals surface area contributed by atoms with Crippen molar-refractivity contribution in [3.05, 3.63) is 0 Å². The lowest BCUT2D eigenvalue weighted by atomic mass is 9.84. The monoisotopic (exact) mass is 586 g/mol. The lowest BCUT2D eigenvalue weighted by Crippen LogP contribution is -2.69. The van der Waals surface area contributed by atoms with Gasteiger partial charge in [-0.25, -0.2) is 4.39 Å². The summed E-state index contributed by atoms with van der Waals surface area (Å²) >= 11 is 0. The Morgan fingerprint density at radius 3 is 2.15 bits per heavy atom. The van der Waals surface area contributed by atoms with Crippen molar-refractivity contribution in [3.63, 3.8) is 0 Å². The average Bonchev–Trinajstić information content (AvgIpc) is 2.92. The fourth-order valence-corrected chi connectivity index (χ4v) is 5.07. The number of ether oxygens (including phenoxy) is 4. The van der Waals surface area contributed by atoms with Gasteiger partial charge in [0.1, 0.15) is 54.9 Å². The van der Waals surface area contributed by atoms with Crippen LogP contribution in [0.3, 0.4) is 0 Å². The van der Waals surface area contributed by atoms with Crippen LogP contribution in [0.4, 0.5) is 4.39 Å². The van der Waals surface area contributed by atoms with E-state index in [0.29, 0.717) is 0 Å². The number of carbonyl (C=O) groups is 1. The lowest BCUT2D eigenvalue weighted by Gasteiger charge is -2.48. The molecule has 3 fully saturated rings. The van der Waals surface area contributed by atoms with Gasteiger partial charge in [-0.05, 0) is 19.4 Å². The standard InChI is InChI=1S/C22H43FN6O11/c23-11-18(39-21-13(28)16(34)15(33)9(4-25)37-21)6(26)3-7(29-20(36)8(31)1-2-24)19(11)40-22-17(35)12(27)14(32)10(5-30)38-22/h6-19,21-22,30-35H,1-5,24-28H2,(H,29,36)/t6-,7+,8-,9+,10+,11-,12-,13+,14+,15+,16+,17+,18+,19-,21+,22+/m0/s1. The first-order valence-electron chi connectivity index (χ1n) is 13.1. The number of halogens is 1. The summed E-state index contributed by atoms with van der Waals surface area (Å²) in [6.07, 6.45) is -18.6. The molecule has 0 aromatic rings. The number of nitrogens with one attached hydrogen (secondary N) is 1. The molecule has 0 radical (unpaired) electrons. The maximum Gasteiger partial charge on any atom is 0.249 e. The minimum Gasteiger partial charge on any atom is -0.394 e. The summed E-state index contributed by atoms with van der Waals surface area (Å²) < 4.78 is 38.7. The Labute approximate surface area is 229 Å². The Kier molecular flexibility index (Phi) is 11.9. The smallest absolute Gasteiger partial charge is 0.249 e. The predicted octanol–water partition coefficient (Wildman–Crippen LogP) is -7.48. The third-order valence-corrected chi connectivity index (χ3v) is 7.54. The molecule has 16 atom stereocenters. The highest BCUT2D eigenvalue weighted by Gasteiger charge is 2.53. The van der Waals surface area contributed by atoms with Gasteiger partial charge in [-0.2, -0.15) is 0 Å². The molecular weight excluding hydrogens is 543 g/mol. The van der Waals surface area contributed by atoms with Crippen LogP contribution in [0, 0.1) is 0 Å². The van der Waals surface area contributed by atoms with Gasteiger partial charge >= 0.3 is 0 Å². The van der Waals surface area contributed by atoms with Crippen LogP contribution in [0.25, 0.3) is 0 Å². The quantitative estimate of drug-likeness (QED) is 0.113. The molecule has 1 amide bonds. The fraction of sp³-hybridized carbons (Fsp3) is 0.955. The number of rotatable bonds is 10. The highest BCUT2D eigenvalue weighted by atomic mass is 19.1. The Balaban J connectivity index is 1.85. The molecule has 1 saturated carbocycles. The molecule has 17 N–H and O–H groups in total. The van der Waals surface area contributed by atoms with E-state index in [4.69, 9.17) is 47.6 Å². The second kappa shape index (κ2) is 14.3. The molecule has 0 aromatic heterocycles. The van der Waals surface area contributed by atoms with Gasteiger partial charge in [-0.3, -0.25) is 4.79 Å². The lowest BCUT2D eigenvalue weighted by molar-refractivity contribution is -0.314. The van der Waals surface area contributed by atoms with E-state index in [-0.39, 0.29) is 25.9 Å². The maximum atomic E-state index is 16.2. The molecular formula is C22H43FN6O11. The van der Waals surface area contributed by atoms with Crippen LogP contribution in [0.5, 0.6) is 0 Å². The number of hydrogen-bond acceptors (Lipinski definition) is 16. The summed E-state index contributed by atoms with van der Waals surface area (Å²) in [5.74, 6) is -0.881. The number of amides is 1. The molecule has 2 heterocycles. The molecule has 2 aliphatic heterocycles. The van der Waals surface area contributed by atoms with E-state index in [1.54, 1.807) is 0 Å². The molecule has 0 unspecified atom stereocenters. The molecule has 3 rings (SSSR count). The van der Waals surface area contributed by atoms with E-state index < -0.39 is 110 Å². The van der Waals surface area contributed by atoms with Crippen molar-refractivity contribution < 1.29 is 58.8 Å². The number of hydrogen-bond donors (Lipinski definition) is 12. The largest absolute Gasteiger partial charge is 0.394 e. The van der Waals surface area contributed by atoms with Crippen LogP contribution in [-0.2, 0) is 23.7 Å². The molecule has 40 heavy (non-hydrogen) atoms. The van der Waals surface area contributed by atoms with Crippen LogP contribution in [0.15, 0.2) is 0 Å². The molecule has 0 aromatic carbocycles. The van der Waals surface area contributed by atoms with Crippen LogP contribution >= 0.6 is 0 Å². The van der Waals surface area contributed by atoms with Gasteiger partial charge in [0.05, 0.1) is 24.7 Å². The summed E-state index contributed by atoms with van der Waals surface area (Å²) in [6, 6.07) is -4.95. The number of aliphatic hydroxyl groups is 6. The van der Waals surface area contributed by atoms with Gasteiger partial charge in [-0.1, -0.05) is 0 Å². The van der Waals surface area contributed by atoms with Gasteiger partial charge in [0.2, 0.25) is 5.91 Å². The first-order valence-corrected chi connectivity index (χ1v) is 13.1. The molecule has 234 valence electrons. The molecule has 1 aliphatic carbocycles. The Hall–Kier alpha value is -1.20. The van der Waals surface area contributed by atoms with Crippen molar-refractivity contribution in [2.75, 3.05) is 19.7 Å². The van der Waals surface area contributed by atoms with Crippen molar-refractivity contribution in [1.29, 1.82) is 0 Å². The maximum absolute atomic E-state index is 16.2. The SMILES string of the molecule is NCC[C@H](O)C(=O)N[C@@H]1C[C@H](N)[C@@H](O[C@H]2O[C@H](CN)[C@@H](O)[C@H](O)[C@H]2N)[C@H](F)[C@H]1O[C@H]1O[C@H](CO)[C@@H](O)[C@H](N)[C@H]1O. The Morgan fingerprint density at radius 1 is 0.925 bits per heavy atom. The van der Waals surface area contributed by atoms with Crippen molar-refractivity contribution in [3.8, 4) is 0 Å². The Bertz CT molecular complexity index is 821. The second-order valence-electron chi connectivity index (χ2n) is 10.4. The van der Waals surface area contributed by atoms with E-state index in [2.05, 4.69) is 5.32 Å². The molecule has 3 aliphatic rings. The molecule has 0 bridgehead atoms. The minimum absolute atomic E-state index is 0.00278. The third kappa shape index (κ3) is 7.05. The summed E-state index contributed by atoms with van der Waals surface area (Å²) in [5, 5.41) is 63.1. The first kappa shape index (κ1) is 33.3. The minimum atomic E-state index is -2.16. The zero-order valence-corrected chi connectivity index (χ0v) is 21.8. The Morgan fingerprint density at radius 2 is 1.55 bits per heavy atom. The molecule has 17 nitrogen and oxygen atoms in total. The van der Waals surface area contributed by atoms with E-state index in [1.165, 1.54) is 0 Å². The van der Waals surface area contributed by atoms with E-state index in [1.807, 2.05) is 0 Å². The number of carbonyl (C=O) groups excluding carboxylic acids is 1. The van der Waals surface area contributed by atoms with Crippen LogP contribution in [0.2, 0.25) is 0 Å². The van der Waals surface area contributed by atoms with Gasteiger partial charge in [0.15, 0.2) is 18.8 Å². The highest BCUT2D eigenvalue weighted by molar-refractivity contribution is 5.80. The topological polar surface area (TPSA) is 317 Å². The van der Waals surface area contributed by atoms with Crippen LogP contribution in [0.1, 0.15) is 12.8 Å². The highest BCUT2D eigenvalue weighted by Crippen LogP contribution is 2.33. The van der Waals surface area contributed by atoms with Gasteiger partial charge < -0.3 is 83.6 Å². The zero-order chi connectivity index (χ0) is 29.9. The van der Waals surface area contributed by atoms with E-state index >= 15 is 4.39 Å². The van der Waals surface area contributed by atoms with Gasteiger partial charge in [0, 0.05) is 12.6 Å². The molecule has 18 heteroatoms. The fourth-order valence-electron chi connectivity index (χ4n) is 5.07. The second-order valence-corrected chi connectivity index (χ2v) is 10.4.